The Morgan fingerprint density at radius 2 is 1.75 bits per heavy atom. The summed E-state index contributed by atoms with van der Waals surface area (Å²) in [5.41, 5.74) is 3.29. The van der Waals surface area contributed by atoms with Gasteiger partial charge in [0.15, 0.2) is 0 Å². The molecule has 0 spiro atoms. The molecular formula is C22H17ClN2O3. The van der Waals surface area contributed by atoms with Crippen LogP contribution in [0, 0.1) is 10.1 Å². The van der Waals surface area contributed by atoms with Crippen LogP contribution in [-0.4, -0.2) is 22.3 Å². The van der Waals surface area contributed by atoms with Gasteiger partial charge >= 0.3 is 0 Å². The zero-order chi connectivity index (χ0) is 19.7. The van der Waals surface area contributed by atoms with Crippen LogP contribution in [0.15, 0.2) is 72.8 Å². The molecule has 1 unspecified atom stereocenters. The summed E-state index contributed by atoms with van der Waals surface area (Å²) >= 11 is 5.91. The molecule has 1 atom stereocenters. The smallest absolute Gasteiger partial charge is 0.288 e. The van der Waals surface area contributed by atoms with Crippen LogP contribution in [0.2, 0.25) is 5.02 Å². The average molecular weight is 393 g/mol. The molecule has 3 aromatic rings. The second-order valence-electron chi connectivity index (χ2n) is 6.68. The molecule has 1 amide bonds. The fourth-order valence-corrected chi connectivity index (χ4v) is 3.92. The van der Waals surface area contributed by atoms with E-state index in [9.17, 15) is 14.9 Å². The van der Waals surface area contributed by atoms with Crippen molar-refractivity contribution < 1.29 is 9.72 Å². The second kappa shape index (κ2) is 7.44. The minimum absolute atomic E-state index is 0.0187. The van der Waals surface area contributed by atoms with E-state index in [2.05, 4.69) is 6.07 Å². The van der Waals surface area contributed by atoms with Crippen molar-refractivity contribution in [2.45, 2.75) is 12.5 Å². The number of fused-ring (bicyclic) bond motifs is 1. The molecule has 0 aromatic heterocycles. The number of hydrogen-bond donors (Lipinski definition) is 0. The standard InChI is InChI=1S/C22H17ClN2O3/c23-19-11-10-17(14-20(19)25(27)28)22(26)24-13-12-15-6-4-5-9-18(15)21(24)16-7-2-1-3-8-16/h1-11,14,21H,12-13H2. The van der Waals surface area contributed by atoms with E-state index >= 15 is 0 Å². The SMILES string of the molecule is O=C(c1ccc(Cl)c([N+](=O)[O-])c1)N1CCc2ccccc2C1c1ccccc1. The Balaban J connectivity index is 1.79. The molecular weight excluding hydrogens is 376 g/mol. The second-order valence-corrected chi connectivity index (χ2v) is 7.09. The van der Waals surface area contributed by atoms with Gasteiger partial charge in [0.2, 0.25) is 0 Å². The number of nitro benzene ring substituents is 1. The van der Waals surface area contributed by atoms with Gasteiger partial charge < -0.3 is 4.90 Å². The fourth-order valence-electron chi connectivity index (χ4n) is 3.73. The topological polar surface area (TPSA) is 63.4 Å². The van der Waals surface area contributed by atoms with Crippen LogP contribution in [0.5, 0.6) is 0 Å². The zero-order valence-corrected chi connectivity index (χ0v) is 15.7. The first-order valence-electron chi connectivity index (χ1n) is 8.94. The Hall–Kier alpha value is -3.18. The fraction of sp³-hybridized carbons (Fsp3) is 0.136. The van der Waals surface area contributed by atoms with Crippen LogP contribution < -0.4 is 0 Å². The third kappa shape index (κ3) is 3.25. The van der Waals surface area contributed by atoms with Crippen molar-refractivity contribution in [3.05, 3.63) is 110 Å². The number of carbonyl (C=O) groups is 1. The molecule has 140 valence electrons. The average Bonchev–Trinajstić information content (AvgIpc) is 2.73. The number of nitrogens with zero attached hydrogens (tertiary/aromatic N) is 2. The van der Waals surface area contributed by atoms with E-state index in [0.717, 1.165) is 17.5 Å². The number of halogens is 1. The molecule has 0 saturated heterocycles. The Morgan fingerprint density at radius 1 is 1.04 bits per heavy atom. The summed E-state index contributed by atoms with van der Waals surface area (Å²) in [5.74, 6) is -0.247. The van der Waals surface area contributed by atoms with Crippen LogP contribution >= 0.6 is 11.6 Å². The maximum atomic E-state index is 13.3. The van der Waals surface area contributed by atoms with Crippen molar-refractivity contribution in [2.75, 3.05) is 6.54 Å². The first kappa shape index (κ1) is 18.2. The van der Waals surface area contributed by atoms with Gasteiger partial charge in [-0.2, -0.15) is 0 Å². The van der Waals surface area contributed by atoms with E-state index in [1.807, 2.05) is 48.5 Å². The Labute approximate surface area is 167 Å². The van der Waals surface area contributed by atoms with Crippen molar-refractivity contribution in [1.29, 1.82) is 0 Å². The van der Waals surface area contributed by atoms with E-state index in [-0.39, 0.29) is 28.2 Å². The highest BCUT2D eigenvalue weighted by atomic mass is 35.5. The van der Waals surface area contributed by atoms with Gasteiger partial charge in [-0.05, 0) is 35.2 Å². The normalized spacial score (nSPS) is 15.8. The van der Waals surface area contributed by atoms with Gasteiger partial charge in [0.05, 0.1) is 11.0 Å². The number of carbonyl (C=O) groups excluding carboxylic acids is 1. The third-order valence-electron chi connectivity index (χ3n) is 5.05. The minimum Gasteiger partial charge on any atom is -0.327 e. The molecule has 6 heteroatoms. The van der Waals surface area contributed by atoms with E-state index in [4.69, 9.17) is 11.6 Å². The summed E-state index contributed by atoms with van der Waals surface area (Å²) in [4.78, 5) is 25.8. The van der Waals surface area contributed by atoms with Gasteiger partial charge in [-0.1, -0.05) is 66.2 Å². The van der Waals surface area contributed by atoms with Gasteiger partial charge in [-0.15, -0.1) is 0 Å². The Kier molecular flexibility index (Phi) is 4.84. The highest BCUT2D eigenvalue weighted by Gasteiger charge is 2.33. The summed E-state index contributed by atoms with van der Waals surface area (Å²) in [5, 5.41) is 11.2. The van der Waals surface area contributed by atoms with E-state index in [0.29, 0.717) is 6.54 Å². The summed E-state index contributed by atoms with van der Waals surface area (Å²) in [6, 6.07) is 21.9. The number of rotatable bonds is 3. The van der Waals surface area contributed by atoms with Crippen LogP contribution in [0.25, 0.3) is 0 Å². The van der Waals surface area contributed by atoms with Crippen LogP contribution in [0.3, 0.4) is 0 Å². The zero-order valence-electron chi connectivity index (χ0n) is 14.9. The van der Waals surface area contributed by atoms with Crippen LogP contribution in [-0.2, 0) is 6.42 Å². The number of hydrogen-bond acceptors (Lipinski definition) is 3. The molecule has 28 heavy (non-hydrogen) atoms. The number of benzene rings is 3. The molecule has 1 aliphatic rings. The number of amides is 1. The first-order valence-corrected chi connectivity index (χ1v) is 9.31. The largest absolute Gasteiger partial charge is 0.327 e. The third-order valence-corrected chi connectivity index (χ3v) is 5.37. The monoisotopic (exact) mass is 392 g/mol. The summed E-state index contributed by atoms with van der Waals surface area (Å²) in [6.45, 7) is 0.534. The van der Waals surface area contributed by atoms with Gasteiger partial charge in [0, 0.05) is 18.2 Å². The van der Waals surface area contributed by atoms with Crippen molar-refractivity contribution in [3.63, 3.8) is 0 Å². The maximum Gasteiger partial charge on any atom is 0.288 e. The van der Waals surface area contributed by atoms with Crippen molar-refractivity contribution in [2.24, 2.45) is 0 Å². The quantitative estimate of drug-likeness (QED) is 0.463. The Bertz CT molecular complexity index is 1050. The van der Waals surface area contributed by atoms with Crippen molar-refractivity contribution in [3.8, 4) is 0 Å². The lowest BCUT2D eigenvalue weighted by Crippen LogP contribution is -2.40. The van der Waals surface area contributed by atoms with E-state index < -0.39 is 4.92 Å². The molecule has 0 radical (unpaired) electrons. The summed E-state index contributed by atoms with van der Waals surface area (Å²) < 4.78 is 0. The molecule has 5 nitrogen and oxygen atoms in total. The Morgan fingerprint density at radius 3 is 2.50 bits per heavy atom. The molecule has 0 saturated carbocycles. The maximum absolute atomic E-state index is 13.3. The van der Waals surface area contributed by atoms with Gasteiger partial charge in [0.1, 0.15) is 5.02 Å². The lowest BCUT2D eigenvalue weighted by atomic mass is 9.87. The predicted octanol–water partition coefficient (Wildman–Crippen LogP) is 5.04. The molecule has 0 fully saturated rings. The summed E-state index contributed by atoms with van der Waals surface area (Å²) in [6.07, 6.45) is 0.737. The van der Waals surface area contributed by atoms with Crippen molar-refractivity contribution >= 4 is 23.2 Å². The summed E-state index contributed by atoms with van der Waals surface area (Å²) in [7, 11) is 0. The lowest BCUT2D eigenvalue weighted by molar-refractivity contribution is -0.384. The minimum atomic E-state index is -0.570. The molecule has 1 heterocycles. The predicted molar refractivity (Wildman–Crippen MR) is 108 cm³/mol. The lowest BCUT2D eigenvalue weighted by Gasteiger charge is -2.38. The number of nitro groups is 1. The van der Waals surface area contributed by atoms with E-state index in [1.54, 1.807) is 11.0 Å². The van der Waals surface area contributed by atoms with Gasteiger partial charge in [-0.25, -0.2) is 0 Å². The van der Waals surface area contributed by atoms with Gasteiger partial charge in [0.25, 0.3) is 11.6 Å². The van der Waals surface area contributed by atoms with Gasteiger partial charge in [-0.3, -0.25) is 14.9 Å². The molecule has 3 aromatic carbocycles. The highest BCUT2D eigenvalue weighted by Crippen LogP contribution is 2.36. The molecule has 0 bridgehead atoms. The van der Waals surface area contributed by atoms with Crippen LogP contribution in [0.1, 0.15) is 33.1 Å². The highest BCUT2D eigenvalue weighted by molar-refractivity contribution is 6.32. The van der Waals surface area contributed by atoms with Crippen molar-refractivity contribution in [1.82, 2.24) is 4.90 Å². The van der Waals surface area contributed by atoms with E-state index in [1.165, 1.54) is 17.7 Å². The molecule has 0 aliphatic carbocycles. The molecule has 0 N–H and O–H groups in total. The van der Waals surface area contributed by atoms with Crippen LogP contribution in [0.4, 0.5) is 5.69 Å². The first-order chi connectivity index (χ1) is 13.6. The molecule has 4 rings (SSSR count). The molecule has 1 aliphatic heterocycles.